The van der Waals surface area contributed by atoms with Gasteiger partial charge in [-0.25, -0.2) is 4.79 Å². The molecule has 9 heteroatoms. The first-order valence-electron chi connectivity index (χ1n) is 5.29. The van der Waals surface area contributed by atoms with Crippen LogP contribution in [-0.4, -0.2) is 62.1 Å². The molecule has 0 saturated carbocycles. The minimum Gasteiger partial charge on any atom is -0.468 e. The highest BCUT2D eigenvalue weighted by Gasteiger charge is 2.26. The van der Waals surface area contributed by atoms with E-state index in [-0.39, 0.29) is 13.1 Å². The lowest BCUT2D eigenvalue weighted by atomic mass is 10.2. The number of rotatable bonds is 6. The standard InChI is InChI=1S/C10H17N3O6/c1-6(9(16)12-10(11)17)13(4-7(14)18-2)5-8(15)19-3/h6H,4-5H2,1-3H3,(H3,11,12,16,17). The number of hydrogen-bond acceptors (Lipinski definition) is 7. The van der Waals surface area contributed by atoms with Crippen molar-refractivity contribution in [1.82, 2.24) is 10.2 Å². The first-order valence-corrected chi connectivity index (χ1v) is 5.29. The number of methoxy groups -OCH3 is 2. The molecule has 19 heavy (non-hydrogen) atoms. The van der Waals surface area contributed by atoms with Crippen molar-refractivity contribution in [2.45, 2.75) is 13.0 Å². The number of carbonyl (C=O) groups excluding carboxylic acids is 4. The maximum Gasteiger partial charge on any atom is 0.319 e. The monoisotopic (exact) mass is 275 g/mol. The summed E-state index contributed by atoms with van der Waals surface area (Å²) in [5.74, 6) is -2.01. The lowest BCUT2D eigenvalue weighted by Crippen LogP contribution is -2.51. The summed E-state index contributed by atoms with van der Waals surface area (Å²) >= 11 is 0. The molecule has 0 aliphatic carbocycles. The fourth-order valence-electron chi connectivity index (χ4n) is 1.18. The lowest BCUT2D eigenvalue weighted by Gasteiger charge is -2.25. The molecule has 1 atom stereocenters. The van der Waals surface area contributed by atoms with Crippen LogP contribution in [0.5, 0.6) is 0 Å². The van der Waals surface area contributed by atoms with E-state index in [1.165, 1.54) is 26.0 Å². The third-order valence-corrected chi connectivity index (χ3v) is 2.29. The van der Waals surface area contributed by atoms with Gasteiger partial charge in [0.05, 0.1) is 33.4 Å². The van der Waals surface area contributed by atoms with Crippen molar-refractivity contribution in [3.63, 3.8) is 0 Å². The number of imide groups is 1. The maximum atomic E-state index is 11.6. The molecule has 0 aliphatic rings. The van der Waals surface area contributed by atoms with Gasteiger partial charge in [-0.1, -0.05) is 0 Å². The summed E-state index contributed by atoms with van der Waals surface area (Å²) in [7, 11) is 2.35. The van der Waals surface area contributed by atoms with Crippen molar-refractivity contribution in [2.24, 2.45) is 5.73 Å². The van der Waals surface area contributed by atoms with E-state index in [2.05, 4.69) is 9.47 Å². The first-order chi connectivity index (χ1) is 8.81. The van der Waals surface area contributed by atoms with Crippen LogP contribution in [0.25, 0.3) is 0 Å². The molecule has 0 spiro atoms. The van der Waals surface area contributed by atoms with Crippen LogP contribution in [0.3, 0.4) is 0 Å². The number of carbonyl (C=O) groups is 4. The number of nitrogens with zero attached hydrogens (tertiary/aromatic N) is 1. The molecule has 0 bridgehead atoms. The molecule has 3 N–H and O–H groups in total. The summed E-state index contributed by atoms with van der Waals surface area (Å²) in [6.07, 6.45) is 0. The predicted molar refractivity (Wildman–Crippen MR) is 62.8 cm³/mol. The Morgan fingerprint density at radius 1 is 1.11 bits per heavy atom. The van der Waals surface area contributed by atoms with E-state index in [9.17, 15) is 19.2 Å². The van der Waals surface area contributed by atoms with Crippen LogP contribution in [-0.2, 0) is 23.9 Å². The average molecular weight is 275 g/mol. The molecule has 1 unspecified atom stereocenters. The Labute approximate surface area is 110 Å². The van der Waals surface area contributed by atoms with Crippen LogP contribution in [0, 0.1) is 0 Å². The van der Waals surface area contributed by atoms with Crippen LogP contribution < -0.4 is 11.1 Å². The van der Waals surface area contributed by atoms with Gasteiger partial charge in [-0.15, -0.1) is 0 Å². The summed E-state index contributed by atoms with van der Waals surface area (Å²) in [6.45, 7) is 0.794. The van der Waals surface area contributed by atoms with E-state index < -0.39 is 29.9 Å². The summed E-state index contributed by atoms with van der Waals surface area (Å²) in [4.78, 5) is 45.8. The Morgan fingerprint density at radius 3 is 1.84 bits per heavy atom. The highest BCUT2D eigenvalue weighted by atomic mass is 16.5. The van der Waals surface area contributed by atoms with Crippen LogP contribution in [0.2, 0.25) is 0 Å². The van der Waals surface area contributed by atoms with Crippen LogP contribution in [0.15, 0.2) is 0 Å². The summed E-state index contributed by atoms with van der Waals surface area (Å²) in [5.41, 5.74) is 4.81. The van der Waals surface area contributed by atoms with Crippen molar-refractivity contribution in [2.75, 3.05) is 27.3 Å². The Morgan fingerprint density at radius 2 is 1.53 bits per heavy atom. The molecule has 0 rings (SSSR count). The topological polar surface area (TPSA) is 128 Å². The van der Waals surface area contributed by atoms with Gasteiger partial charge >= 0.3 is 18.0 Å². The SMILES string of the molecule is COC(=O)CN(CC(=O)OC)C(C)C(=O)NC(N)=O. The molecule has 0 aliphatic heterocycles. The van der Waals surface area contributed by atoms with Crippen LogP contribution in [0.1, 0.15) is 6.92 Å². The molecule has 0 radical (unpaired) electrons. The molecule has 0 aromatic heterocycles. The quantitative estimate of drug-likeness (QED) is 0.548. The lowest BCUT2D eigenvalue weighted by molar-refractivity contribution is -0.147. The number of amides is 3. The van der Waals surface area contributed by atoms with Gasteiger partial charge in [0.1, 0.15) is 0 Å². The van der Waals surface area contributed by atoms with E-state index in [0.717, 1.165) is 0 Å². The second-order valence-corrected chi connectivity index (χ2v) is 3.59. The highest BCUT2D eigenvalue weighted by Crippen LogP contribution is 2.01. The number of nitrogens with one attached hydrogen (secondary N) is 1. The van der Waals surface area contributed by atoms with Gasteiger partial charge in [-0.05, 0) is 6.92 Å². The minimum atomic E-state index is -1.02. The molecule has 3 amide bonds. The normalized spacial score (nSPS) is 11.6. The Kier molecular flexibility index (Phi) is 7.12. The minimum absolute atomic E-state index is 0.307. The van der Waals surface area contributed by atoms with E-state index in [1.807, 2.05) is 5.32 Å². The van der Waals surface area contributed by atoms with Crippen molar-refractivity contribution < 1.29 is 28.7 Å². The van der Waals surface area contributed by atoms with E-state index >= 15 is 0 Å². The van der Waals surface area contributed by atoms with Gasteiger partial charge in [-0.2, -0.15) is 0 Å². The first kappa shape index (κ1) is 16.8. The number of nitrogens with two attached hydrogens (primary N) is 1. The zero-order valence-electron chi connectivity index (χ0n) is 11.0. The smallest absolute Gasteiger partial charge is 0.319 e. The van der Waals surface area contributed by atoms with Crippen molar-refractivity contribution >= 4 is 23.9 Å². The third-order valence-electron chi connectivity index (χ3n) is 2.29. The molecule has 0 aromatic carbocycles. The van der Waals surface area contributed by atoms with Gasteiger partial charge in [0.2, 0.25) is 5.91 Å². The Hall–Kier alpha value is -2.16. The van der Waals surface area contributed by atoms with E-state index in [0.29, 0.717) is 0 Å². The summed E-state index contributed by atoms with van der Waals surface area (Å²) in [6, 6.07) is -1.96. The van der Waals surface area contributed by atoms with Gasteiger partial charge in [0.25, 0.3) is 0 Å². The fraction of sp³-hybridized carbons (Fsp3) is 0.600. The molecule has 108 valence electrons. The number of primary amides is 1. The number of urea groups is 1. The second-order valence-electron chi connectivity index (χ2n) is 3.59. The Balaban J connectivity index is 4.79. The highest BCUT2D eigenvalue weighted by molar-refractivity contribution is 5.96. The van der Waals surface area contributed by atoms with Gasteiger partial charge in [0.15, 0.2) is 0 Å². The molecule has 0 aromatic rings. The van der Waals surface area contributed by atoms with E-state index in [4.69, 9.17) is 5.73 Å². The van der Waals surface area contributed by atoms with Gasteiger partial charge in [0, 0.05) is 0 Å². The summed E-state index contributed by atoms with van der Waals surface area (Å²) in [5, 5.41) is 1.86. The Bertz CT molecular complexity index is 352. The molecule has 9 nitrogen and oxygen atoms in total. The average Bonchev–Trinajstić information content (AvgIpc) is 2.35. The van der Waals surface area contributed by atoms with Crippen molar-refractivity contribution in [3.05, 3.63) is 0 Å². The number of esters is 2. The fourth-order valence-corrected chi connectivity index (χ4v) is 1.18. The summed E-state index contributed by atoms with van der Waals surface area (Å²) < 4.78 is 8.90. The zero-order chi connectivity index (χ0) is 15.0. The molecular formula is C10H17N3O6. The van der Waals surface area contributed by atoms with Gasteiger partial charge in [-0.3, -0.25) is 24.6 Å². The van der Waals surface area contributed by atoms with Gasteiger partial charge < -0.3 is 15.2 Å². The number of hydrogen-bond donors (Lipinski definition) is 2. The second kappa shape index (κ2) is 8.03. The molecule has 0 heterocycles. The van der Waals surface area contributed by atoms with Crippen LogP contribution >= 0.6 is 0 Å². The van der Waals surface area contributed by atoms with E-state index in [1.54, 1.807) is 0 Å². The van der Waals surface area contributed by atoms with Crippen LogP contribution in [0.4, 0.5) is 4.79 Å². The molecule has 0 fully saturated rings. The molecular weight excluding hydrogens is 258 g/mol. The maximum absolute atomic E-state index is 11.6. The zero-order valence-corrected chi connectivity index (χ0v) is 11.0. The number of ether oxygens (including phenoxy) is 2. The van der Waals surface area contributed by atoms with Crippen molar-refractivity contribution in [1.29, 1.82) is 0 Å². The third kappa shape index (κ3) is 6.36. The molecule has 0 saturated heterocycles. The predicted octanol–water partition coefficient (Wildman–Crippen LogP) is -1.78. The van der Waals surface area contributed by atoms with Crippen molar-refractivity contribution in [3.8, 4) is 0 Å². The largest absolute Gasteiger partial charge is 0.468 e.